The first-order valence-electron chi connectivity index (χ1n) is 8.29. The highest BCUT2D eigenvalue weighted by molar-refractivity contribution is 5.79. The largest absolute Gasteiger partial charge is 0.340 e. The summed E-state index contributed by atoms with van der Waals surface area (Å²) >= 11 is 0. The van der Waals surface area contributed by atoms with Crippen molar-refractivity contribution >= 4 is 5.91 Å². The van der Waals surface area contributed by atoms with E-state index in [1.54, 1.807) is 13.8 Å². The summed E-state index contributed by atoms with van der Waals surface area (Å²) in [5.74, 6) is 0.545. The van der Waals surface area contributed by atoms with E-state index >= 15 is 0 Å². The molecule has 3 heterocycles. The van der Waals surface area contributed by atoms with Crippen molar-refractivity contribution in [2.24, 2.45) is 0 Å². The molecular weight excluding hydrogens is 306 g/mol. The topological polar surface area (TPSA) is 83.9 Å². The van der Waals surface area contributed by atoms with E-state index in [1.165, 1.54) is 0 Å². The summed E-state index contributed by atoms with van der Waals surface area (Å²) in [7, 11) is 0. The van der Waals surface area contributed by atoms with Gasteiger partial charge in [0.25, 0.3) is 5.56 Å². The SMILES string of the molecule is Cc1cnn(C2CCCN(C(=O)Cc3c(C)nc(C)[nH]c3=O)C2)c1. The molecule has 1 fully saturated rings. The van der Waals surface area contributed by atoms with Gasteiger partial charge >= 0.3 is 0 Å². The number of amides is 1. The second kappa shape index (κ2) is 6.59. The lowest BCUT2D eigenvalue weighted by atomic mass is 10.0. The number of piperidine rings is 1. The third-order valence-corrected chi connectivity index (χ3v) is 4.52. The van der Waals surface area contributed by atoms with Gasteiger partial charge in [0.1, 0.15) is 5.82 Å². The lowest BCUT2D eigenvalue weighted by Crippen LogP contribution is -2.42. The molecule has 0 aromatic carbocycles. The lowest BCUT2D eigenvalue weighted by molar-refractivity contribution is -0.132. The molecule has 0 radical (unpaired) electrons. The number of rotatable bonds is 3. The molecule has 0 aliphatic carbocycles. The van der Waals surface area contributed by atoms with Crippen LogP contribution in [0.3, 0.4) is 0 Å². The number of nitrogens with one attached hydrogen (secondary N) is 1. The second-order valence-corrected chi connectivity index (χ2v) is 6.53. The maximum atomic E-state index is 12.7. The minimum atomic E-state index is -0.218. The van der Waals surface area contributed by atoms with E-state index in [1.807, 2.05) is 28.9 Å². The third-order valence-electron chi connectivity index (χ3n) is 4.52. The van der Waals surface area contributed by atoms with Gasteiger partial charge in [-0.05, 0) is 39.2 Å². The number of carbonyl (C=O) groups is 1. The van der Waals surface area contributed by atoms with E-state index in [0.29, 0.717) is 23.6 Å². The molecule has 3 rings (SSSR count). The monoisotopic (exact) mass is 329 g/mol. The first-order chi connectivity index (χ1) is 11.4. The average Bonchev–Trinajstić information content (AvgIpc) is 2.97. The van der Waals surface area contributed by atoms with Crippen molar-refractivity contribution in [3.63, 3.8) is 0 Å². The van der Waals surface area contributed by atoms with Crippen LogP contribution >= 0.6 is 0 Å². The molecule has 7 nitrogen and oxygen atoms in total. The standard InChI is InChI=1S/C17H23N5O2/c1-11-8-18-22(9-11)14-5-4-6-21(10-14)16(23)7-15-12(2)19-13(3)20-17(15)24/h8-9,14H,4-7,10H2,1-3H3,(H,19,20,24). The number of likely N-dealkylation sites (tertiary alicyclic amines) is 1. The Morgan fingerprint density at radius 2 is 2.17 bits per heavy atom. The molecule has 1 atom stereocenters. The van der Waals surface area contributed by atoms with E-state index in [2.05, 4.69) is 15.1 Å². The molecule has 128 valence electrons. The Morgan fingerprint density at radius 1 is 1.38 bits per heavy atom. The van der Waals surface area contributed by atoms with Gasteiger partial charge in [-0.2, -0.15) is 5.10 Å². The Hall–Kier alpha value is -2.44. The summed E-state index contributed by atoms with van der Waals surface area (Å²) in [6.45, 7) is 6.88. The Balaban J connectivity index is 1.72. The van der Waals surface area contributed by atoms with E-state index in [-0.39, 0.29) is 23.9 Å². The van der Waals surface area contributed by atoms with Crippen LogP contribution in [0.15, 0.2) is 17.2 Å². The molecule has 0 bridgehead atoms. The smallest absolute Gasteiger partial charge is 0.254 e. The fourth-order valence-corrected chi connectivity index (χ4v) is 3.25. The summed E-state index contributed by atoms with van der Waals surface area (Å²) in [5, 5.41) is 4.37. The van der Waals surface area contributed by atoms with Crippen molar-refractivity contribution in [3.8, 4) is 0 Å². The van der Waals surface area contributed by atoms with Crippen molar-refractivity contribution in [2.45, 2.75) is 46.1 Å². The van der Waals surface area contributed by atoms with Gasteiger partial charge in [-0.3, -0.25) is 14.3 Å². The molecule has 24 heavy (non-hydrogen) atoms. The molecule has 1 aliphatic heterocycles. The van der Waals surface area contributed by atoms with Crippen LogP contribution in [0.1, 0.15) is 41.5 Å². The van der Waals surface area contributed by atoms with Crippen LogP contribution < -0.4 is 5.56 Å². The van der Waals surface area contributed by atoms with Gasteiger partial charge < -0.3 is 9.88 Å². The number of H-pyrrole nitrogens is 1. The maximum absolute atomic E-state index is 12.7. The van der Waals surface area contributed by atoms with Gasteiger partial charge in [0.2, 0.25) is 5.91 Å². The van der Waals surface area contributed by atoms with Crippen LogP contribution in [0, 0.1) is 20.8 Å². The second-order valence-electron chi connectivity index (χ2n) is 6.53. The molecule has 2 aromatic heterocycles. The Labute approximate surface area is 140 Å². The fourth-order valence-electron chi connectivity index (χ4n) is 3.25. The molecular formula is C17H23N5O2. The third kappa shape index (κ3) is 3.39. The molecule has 7 heteroatoms. The predicted molar refractivity (Wildman–Crippen MR) is 89.9 cm³/mol. The summed E-state index contributed by atoms with van der Waals surface area (Å²) in [6.07, 6.45) is 5.89. The van der Waals surface area contributed by atoms with Crippen molar-refractivity contribution in [2.75, 3.05) is 13.1 Å². The zero-order chi connectivity index (χ0) is 17.3. The zero-order valence-corrected chi connectivity index (χ0v) is 14.4. The van der Waals surface area contributed by atoms with Gasteiger partial charge in [-0.1, -0.05) is 0 Å². The Bertz CT molecular complexity index is 808. The van der Waals surface area contributed by atoms with Crippen LogP contribution in [-0.2, 0) is 11.2 Å². The normalized spacial score (nSPS) is 18.0. The van der Waals surface area contributed by atoms with Gasteiger partial charge in [0.05, 0.1) is 18.7 Å². The molecule has 1 unspecified atom stereocenters. The summed E-state index contributed by atoms with van der Waals surface area (Å²) < 4.78 is 1.94. The zero-order valence-electron chi connectivity index (χ0n) is 14.4. The molecule has 1 amide bonds. The summed E-state index contributed by atoms with van der Waals surface area (Å²) in [5.41, 5.74) is 1.99. The van der Waals surface area contributed by atoms with Crippen molar-refractivity contribution in [1.29, 1.82) is 0 Å². The van der Waals surface area contributed by atoms with Crippen molar-refractivity contribution in [3.05, 3.63) is 45.4 Å². The fraction of sp³-hybridized carbons (Fsp3) is 0.529. The molecule has 0 saturated carbocycles. The predicted octanol–water partition coefficient (Wildman–Crippen LogP) is 1.30. The summed E-state index contributed by atoms with van der Waals surface area (Å²) in [6, 6.07) is 0.201. The highest BCUT2D eigenvalue weighted by atomic mass is 16.2. The first-order valence-corrected chi connectivity index (χ1v) is 8.29. The molecule has 2 aromatic rings. The van der Waals surface area contributed by atoms with E-state index in [0.717, 1.165) is 24.9 Å². The molecule has 1 N–H and O–H groups in total. The van der Waals surface area contributed by atoms with Crippen LogP contribution in [-0.4, -0.2) is 43.6 Å². The number of nitrogens with zero attached hydrogens (tertiary/aromatic N) is 4. The van der Waals surface area contributed by atoms with Crippen LogP contribution in [0.2, 0.25) is 0 Å². The van der Waals surface area contributed by atoms with Crippen molar-refractivity contribution < 1.29 is 4.79 Å². The van der Waals surface area contributed by atoms with Gasteiger partial charge in [-0.15, -0.1) is 0 Å². The average molecular weight is 329 g/mol. The molecule has 1 saturated heterocycles. The quantitative estimate of drug-likeness (QED) is 0.920. The number of aromatic nitrogens is 4. The van der Waals surface area contributed by atoms with Gasteiger partial charge in [-0.25, -0.2) is 4.98 Å². The van der Waals surface area contributed by atoms with Crippen LogP contribution in [0.4, 0.5) is 0 Å². The number of carbonyl (C=O) groups excluding carboxylic acids is 1. The van der Waals surface area contributed by atoms with E-state index < -0.39 is 0 Å². The number of aromatic amines is 1. The Kier molecular flexibility index (Phi) is 4.51. The maximum Gasteiger partial charge on any atom is 0.254 e. The number of hydrogen-bond donors (Lipinski definition) is 1. The molecule has 0 spiro atoms. The van der Waals surface area contributed by atoms with Crippen LogP contribution in [0.5, 0.6) is 0 Å². The first kappa shape index (κ1) is 16.4. The highest BCUT2D eigenvalue weighted by Gasteiger charge is 2.26. The van der Waals surface area contributed by atoms with Gasteiger partial charge in [0.15, 0.2) is 0 Å². The summed E-state index contributed by atoms with van der Waals surface area (Å²) in [4.78, 5) is 33.5. The lowest BCUT2D eigenvalue weighted by Gasteiger charge is -2.33. The number of hydrogen-bond acceptors (Lipinski definition) is 4. The van der Waals surface area contributed by atoms with Crippen LogP contribution in [0.25, 0.3) is 0 Å². The number of aryl methyl sites for hydroxylation is 3. The van der Waals surface area contributed by atoms with E-state index in [4.69, 9.17) is 0 Å². The molecule has 1 aliphatic rings. The Morgan fingerprint density at radius 3 is 2.83 bits per heavy atom. The van der Waals surface area contributed by atoms with E-state index in [9.17, 15) is 9.59 Å². The minimum Gasteiger partial charge on any atom is -0.340 e. The minimum absolute atomic E-state index is 0.0252. The van der Waals surface area contributed by atoms with Crippen molar-refractivity contribution in [1.82, 2.24) is 24.6 Å². The highest BCUT2D eigenvalue weighted by Crippen LogP contribution is 2.21. The van der Waals surface area contributed by atoms with Gasteiger partial charge in [0, 0.05) is 30.5 Å².